The summed E-state index contributed by atoms with van der Waals surface area (Å²) in [7, 11) is 0. The van der Waals surface area contributed by atoms with Gasteiger partial charge in [-0.3, -0.25) is 0 Å². The van der Waals surface area contributed by atoms with Crippen molar-refractivity contribution < 1.29 is 13.6 Å². The van der Waals surface area contributed by atoms with Gasteiger partial charge in [-0.2, -0.15) is 9.97 Å². The van der Waals surface area contributed by atoms with Crippen LogP contribution in [0.3, 0.4) is 0 Å². The van der Waals surface area contributed by atoms with Crippen LogP contribution >= 0.6 is 0 Å². The van der Waals surface area contributed by atoms with Crippen LogP contribution in [0, 0.1) is 12.8 Å². The van der Waals surface area contributed by atoms with E-state index in [-0.39, 0.29) is 5.92 Å². The predicted molar refractivity (Wildman–Crippen MR) is 155 cm³/mol. The maximum absolute atomic E-state index is 6.30. The summed E-state index contributed by atoms with van der Waals surface area (Å²) in [5.41, 5.74) is 4.54. The highest BCUT2D eigenvalue weighted by Gasteiger charge is 2.28. The fraction of sp³-hybridized carbons (Fsp3) is 0.355. The van der Waals surface area contributed by atoms with Gasteiger partial charge in [0, 0.05) is 18.8 Å². The Morgan fingerprint density at radius 2 is 1.65 bits per heavy atom. The number of para-hydroxylation sites is 1. The van der Waals surface area contributed by atoms with Gasteiger partial charge in [-0.05, 0) is 49.4 Å². The molecular formula is C31H34N6O3. The van der Waals surface area contributed by atoms with Crippen LogP contribution in [0.5, 0.6) is 0 Å². The highest BCUT2D eigenvalue weighted by molar-refractivity contribution is 6.00. The third-order valence-corrected chi connectivity index (χ3v) is 7.20. The molecule has 0 amide bonds. The van der Waals surface area contributed by atoms with Gasteiger partial charge in [0.2, 0.25) is 17.6 Å². The number of furan rings is 1. The maximum atomic E-state index is 6.30. The van der Waals surface area contributed by atoms with E-state index in [4.69, 9.17) is 23.5 Å². The monoisotopic (exact) mass is 538 g/mol. The van der Waals surface area contributed by atoms with Crippen LogP contribution in [0.4, 0.5) is 17.5 Å². The van der Waals surface area contributed by atoms with Crippen LogP contribution in [0.15, 0.2) is 63.4 Å². The van der Waals surface area contributed by atoms with E-state index in [1.165, 1.54) is 5.56 Å². The number of aryl methyl sites for hydroxylation is 1. The predicted octanol–water partition coefficient (Wildman–Crippen LogP) is 6.51. The van der Waals surface area contributed by atoms with E-state index in [9.17, 15) is 0 Å². The number of hydrogen-bond donors (Lipinski definition) is 1. The Bertz CT molecular complexity index is 1590. The van der Waals surface area contributed by atoms with Crippen molar-refractivity contribution in [1.82, 2.24) is 20.2 Å². The van der Waals surface area contributed by atoms with Crippen molar-refractivity contribution in [1.29, 1.82) is 0 Å². The van der Waals surface area contributed by atoms with Gasteiger partial charge in [-0.15, -0.1) is 10.2 Å². The van der Waals surface area contributed by atoms with Crippen LogP contribution in [0.1, 0.15) is 49.5 Å². The second-order valence-electron chi connectivity index (χ2n) is 10.7. The molecular weight excluding hydrogens is 504 g/mol. The quantitative estimate of drug-likeness (QED) is 0.237. The van der Waals surface area contributed by atoms with E-state index >= 15 is 0 Å². The normalized spacial score (nSPS) is 14.7. The second-order valence-corrected chi connectivity index (χ2v) is 10.7. The Morgan fingerprint density at radius 3 is 2.38 bits per heavy atom. The summed E-state index contributed by atoms with van der Waals surface area (Å²) in [6.45, 7) is 11.1. The van der Waals surface area contributed by atoms with Gasteiger partial charge in [0.15, 0.2) is 0 Å². The Balaban J connectivity index is 1.37. The highest BCUT2D eigenvalue weighted by Crippen LogP contribution is 2.40. The summed E-state index contributed by atoms with van der Waals surface area (Å²) < 4.78 is 18.1. The fourth-order valence-electron chi connectivity index (χ4n) is 5.13. The maximum Gasteiger partial charge on any atom is 0.252 e. The lowest BCUT2D eigenvalue weighted by atomic mass is 9.97. The first kappa shape index (κ1) is 26.0. The van der Waals surface area contributed by atoms with Gasteiger partial charge >= 0.3 is 0 Å². The minimum atomic E-state index is -0.0514. The summed E-state index contributed by atoms with van der Waals surface area (Å²) in [5, 5.41) is 13.0. The van der Waals surface area contributed by atoms with Crippen LogP contribution in [0.2, 0.25) is 0 Å². The van der Waals surface area contributed by atoms with Gasteiger partial charge in [0.25, 0.3) is 5.89 Å². The van der Waals surface area contributed by atoms with E-state index in [1.54, 1.807) is 0 Å². The first-order valence-corrected chi connectivity index (χ1v) is 13.8. The number of fused-ring (bicyclic) bond motifs is 1. The van der Waals surface area contributed by atoms with Crippen LogP contribution in [-0.4, -0.2) is 46.5 Å². The van der Waals surface area contributed by atoms with E-state index in [2.05, 4.69) is 65.5 Å². The van der Waals surface area contributed by atoms with Gasteiger partial charge in [-0.1, -0.05) is 56.3 Å². The zero-order valence-corrected chi connectivity index (χ0v) is 23.3. The molecule has 0 bridgehead atoms. The third-order valence-electron chi connectivity index (χ3n) is 7.20. The number of anilines is 3. The summed E-state index contributed by atoms with van der Waals surface area (Å²) in [4.78, 5) is 11.8. The smallest absolute Gasteiger partial charge is 0.252 e. The molecule has 1 N–H and O–H groups in total. The Kier molecular flexibility index (Phi) is 7.21. The molecule has 4 heterocycles. The molecule has 1 unspecified atom stereocenters. The molecule has 0 aliphatic carbocycles. The molecule has 1 saturated heterocycles. The molecule has 3 aromatic heterocycles. The number of rotatable bonds is 8. The number of benzene rings is 2. The lowest BCUT2D eigenvalue weighted by Crippen LogP contribution is -2.37. The van der Waals surface area contributed by atoms with Gasteiger partial charge < -0.3 is 23.8 Å². The number of morpholine rings is 1. The molecule has 6 rings (SSSR count). The topological polar surface area (TPSA) is 102 Å². The van der Waals surface area contributed by atoms with Crippen molar-refractivity contribution in [3.63, 3.8) is 0 Å². The van der Waals surface area contributed by atoms with Crippen molar-refractivity contribution in [3.8, 4) is 11.5 Å². The molecule has 1 aliphatic rings. The molecule has 0 spiro atoms. The SMILES string of the molecule is Cc1oc2nc(Nc3ccccc3)nc(N3CCOCC3)c2c1-c1nnc(C(C)c2ccc(CC(C)C)cc2)o1. The van der Waals surface area contributed by atoms with Crippen molar-refractivity contribution in [2.75, 3.05) is 36.5 Å². The lowest BCUT2D eigenvalue weighted by molar-refractivity contribution is 0.122. The molecule has 9 nitrogen and oxygen atoms in total. The van der Waals surface area contributed by atoms with Crippen molar-refractivity contribution in [3.05, 3.63) is 77.4 Å². The standard InChI is InChI=1S/C31H34N6O3/c1-19(2)18-22-10-12-23(13-11-22)20(3)28-35-36-30(40-28)25-21(4)39-29-26(25)27(37-14-16-38-17-15-37)33-31(34-29)32-24-8-6-5-7-9-24/h5-13,19-20H,14-18H2,1-4H3,(H,32,33,34). The molecule has 0 saturated carbocycles. The molecule has 2 aromatic carbocycles. The molecule has 1 aliphatic heterocycles. The Hall–Kier alpha value is -4.24. The van der Waals surface area contributed by atoms with Gasteiger partial charge in [0.1, 0.15) is 11.6 Å². The van der Waals surface area contributed by atoms with E-state index in [0.717, 1.165) is 34.4 Å². The van der Waals surface area contributed by atoms with Crippen molar-refractivity contribution in [2.24, 2.45) is 5.92 Å². The van der Waals surface area contributed by atoms with E-state index < -0.39 is 0 Å². The average molecular weight is 539 g/mol. The highest BCUT2D eigenvalue weighted by atomic mass is 16.5. The van der Waals surface area contributed by atoms with Gasteiger partial charge in [0.05, 0.1) is 30.1 Å². The summed E-state index contributed by atoms with van der Waals surface area (Å²) in [6.07, 6.45) is 1.06. The molecule has 1 atom stereocenters. The molecule has 0 radical (unpaired) electrons. The minimum absolute atomic E-state index is 0.0514. The van der Waals surface area contributed by atoms with E-state index in [0.29, 0.717) is 61.4 Å². The van der Waals surface area contributed by atoms with Crippen LogP contribution < -0.4 is 10.2 Å². The molecule has 5 aromatic rings. The average Bonchev–Trinajstić information content (AvgIpc) is 3.57. The summed E-state index contributed by atoms with van der Waals surface area (Å²) >= 11 is 0. The first-order chi connectivity index (χ1) is 19.5. The second kappa shape index (κ2) is 11.1. The number of aromatic nitrogens is 4. The van der Waals surface area contributed by atoms with Crippen molar-refractivity contribution >= 4 is 28.6 Å². The molecule has 9 heteroatoms. The summed E-state index contributed by atoms with van der Waals surface area (Å²) in [6, 6.07) is 18.5. The van der Waals surface area contributed by atoms with Crippen molar-refractivity contribution in [2.45, 2.75) is 40.0 Å². The fourth-order valence-corrected chi connectivity index (χ4v) is 5.13. The first-order valence-electron chi connectivity index (χ1n) is 13.8. The number of nitrogens with zero attached hydrogens (tertiary/aromatic N) is 5. The zero-order valence-electron chi connectivity index (χ0n) is 23.3. The number of ether oxygens (including phenoxy) is 1. The minimum Gasteiger partial charge on any atom is -0.442 e. The third kappa shape index (κ3) is 5.29. The van der Waals surface area contributed by atoms with Gasteiger partial charge in [-0.25, -0.2) is 0 Å². The Labute approximate surface area is 233 Å². The molecule has 40 heavy (non-hydrogen) atoms. The largest absolute Gasteiger partial charge is 0.442 e. The number of nitrogens with one attached hydrogen (secondary N) is 1. The molecule has 206 valence electrons. The van der Waals surface area contributed by atoms with Crippen LogP contribution in [-0.2, 0) is 11.2 Å². The Morgan fingerprint density at radius 1 is 0.900 bits per heavy atom. The summed E-state index contributed by atoms with van der Waals surface area (Å²) in [5.74, 6) is 3.38. The van der Waals surface area contributed by atoms with E-state index in [1.807, 2.05) is 37.3 Å². The molecule has 1 fully saturated rings. The lowest BCUT2D eigenvalue weighted by Gasteiger charge is -2.28. The van der Waals surface area contributed by atoms with Crippen LogP contribution in [0.25, 0.3) is 22.6 Å². The zero-order chi connectivity index (χ0) is 27.6. The number of hydrogen-bond acceptors (Lipinski definition) is 9.